The van der Waals surface area contributed by atoms with E-state index in [4.69, 9.17) is 14.5 Å². The van der Waals surface area contributed by atoms with Gasteiger partial charge in [-0.15, -0.1) is 0 Å². The molecule has 194 valence electrons. The summed E-state index contributed by atoms with van der Waals surface area (Å²) in [4.78, 5) is 17.2. The van der Waals surface area contributed by atoms with Crippen molar-refractivity contribution in [3.63, 3.8) is 0 Å². The van der Waals surface area contributed by atoms with Crippen LogP contribution in [0.2, 0.25) is 0 Å². The van der Waals surface area contributed by atoms with E-state index in [0.717, 1.165) is 70.9 Å². The first-order chi connectivity index (χ1) is 17.9. The smallest absolute Gasteiger partial charge is 0.257 e. The molecule has 0 atom stereocenters. The fraction of sp³-hybridized carbons (Fsp3) is 0.355. The first kappa shape index (κ1) is 26.3. The molecule has 0 spiro atoms. The summed E-state index contributed by atoms with van der Waals surface area (Å²) in [5.74, 6) is 2.62. The van der Waals surface area contributed by atoms with E-state index in [9.17, 15) is 4.79 Å². The minimum atomic E-state index is -0.113. The predicted octanol–water partition coefficient (Wildman–Crippen LogP) is 5.87. The third kappa shape index (κ3) is 7.13. The van der Waals surface area contributed by atoms with Crippen molar-refractivity contribution in [3.05, 3.63) is 88.7 Å². The maximum Gasteiger partial charge on any atom is 0.257 e. The van der Waals surface area contributed by atoms with E-state index >= 15 is 0 Å². The Morgan fingerprint density at radius 3 is 2.49 bits per heavy atom. The van der Waals surface area contributed by atoms with Crippen LogP contribution in [0.1, 0.15) is 40.9 Å². The van der Waals surface area contributed by atoms with Crippen molar-refractivity contribution in [1.82, 2.24) is 14.9 Å². The second-order valence-electron chi connectivity index (χ2n) is 9.65. The molecule has 0 bridgehead atoms. The number of aryl methyl sites for hydroxylation is 6. The van der Waals surface area contributed by atoms with Gasteiger partial charge in [-0.25, -0.2) is 4.98 Å². The summed E-state index contributed by atoms with van der Waals surface area (Å²) in [5, 5.41) is 2.97. The number of benzene rings is 3. The molecule has 1 N–H and O–H groups in total. The molecule has 6 heteroatoms. The van der Waals surface area contributed by atoms with E-state index in [0.29, 0.717) is 13.2 Å². The highest BCUT2D eigenvalue weighted by molar-refractivity contribution is 5.77. The molecule has 0 fully saturated rings. The van der Waals surface area contributed by atoms with Gasteiger partial charge in [-0.2, -0.15) is 0 Å². The number of para-hydroxylation sites is 2. The Labute approximate surface area is 219 Å². The highest BCUT2D eigenvalue weighted by Crippen LogP contribution is 2.21. The second-order valence-corrected chi connectivity index (χ2v) is 9.65. The molecular weight excluding hydrogens is 462 g/mol. The number of fused-ring (bicyclic) bond motifs is 1. The van der Waals surface area contributed by atoms with Crippen LogP contribution in [0, 0.1) is 27.7 Å². The summed E-state index contributed by atoms with van der Waals surface area (Å²) in [6.45, 7) is 10.2. The summed E-state index contributed by atoms with van der Waals surface area (Å²) < 4.78 is 14.0. The lowest BCUT2D eigenvalue weighted by atomic mass is 10.1. The lowest BCUT2D eigenvalue weighted by Gasteiger charge is -2.12. The molecular formula is C31H37N3O3. The molecule has 1 heterocycles. The van der Waals surface area contributed by atoms with E-state index in [1.165, 1.54) is 5.56 Å². The van der Waals surface area contributed by atoms with Gasteiger partial charge >= 0.3 is 0 Å². The summed E-state index contributed by atoms with van der Waals surface area (Å²) in [5.41, 5.74) is 6.67. The fourth-order valence-electron chi connectivity index (χ4n) is 4.46. The van der Waals surface area contributed by atoms with Crippen LogP contribution in [-0.4, -0.2) is 35.2 Å². The van der Waals surface area contributed by atoms with Gasteiger partial charge in [0.1, 0.15) is 17.3 Å². The Morgan fingerprint density at radius 2 is 1.65 bits per heavy atom. The average Bonchev–Trinajstić information content (AvgIpc) is 3.23. The summed E-state index contributed by atoms with van der Waals surface area (Å²) >= 11 is 0. The Bertz CT molecular complexity index is 1360. The highest BCUT2D eigenvalue weighted by atomic mass is 16.5. The van der Waals surface area contributed by atoms with Crippen LogP contribution in [0.3, 0.4) is 0 Å². The van der Waals surface area contributed by atoms with Crippen molar-refractivity contribution in [2.45, 2.75) is 53.5 Å². The predicted molar refractivity (Wildman–Crippen MR) is 149 cm³/mol. The zero-order valence-electron chi connectivity index (χ0n) is 22.3. The molecule has 0 saturated carbocycles. The molecule has 4 rings (SSSR count). The largest absolute Gasteiger partial charge is 0.493 e. The van der Waals surface area contributed by atoms with Crippen LogP contribution >= 0.6 is 0 Å². The number of ether oxygens (including phenoxy) is 2. The number of imidazole rings is 1. The molecule has 0 aliphatic carbocycles. The topological polar surface area (TPSA) is 65.4 Å². The van der Waals surface area contributed by atoms with Gasteiger partial charge in [0.25, 0.3) is 5.91 Å². The molecule has 0 aliphatic rings. The van der Waals surface area contributed by atoms with E-state index in [1.807, 2.05) is 56.3 Å². The first-order valence-electron chi connectivity index (χ1n) is 13.0. The number of hydrogen-bond donors (Lipinski definition) is 1. The maximum atomic E-state index is 12.3. The van der Waals surface area contributed by atoms with Gasteiger partial charge in [-0.05, 0) is 81.5 Å². The fourth-order valence-corrected chi connectivity index (χ4v) is 4.46. The molecule has 3 aromatic carbocycles. The minimum absolute atomic E-state index is 0.0171. The van der Waals surface area contributed by atoms with Gasteiger partial charge in [0.15, 0.2) is 6.61 Å². The van der Waals surface area contributed by atoms with Gasteiger partial charge in [-0.3, -0.25) is 4.79 Å². The van der Waals surface area contributed by atoms with Crippen molar-refractivity contribution < 1.29 is 14.3 Å². The molecule has 37 heavy (non-hydrogen) atoms. The zero-order valence-corrected chi connectivity index (χ0v) is 22.3. The number of amides is 1. The summed E-state index contributed by atoms with van der Waals surface area (Å²) in [6.07, 6.45) is 2.47. The lowest BCUT2D eigenvalue weighted by Crippen LogP contribution is -2.30. The third-order valence-corrected chi connectivity index (χ3v) is 6.45. The third-order valence-electron chi connectivity index (χ3n) is 6.45. The number of carbonyl (C=O) groups excluding carboxylic acids is 1. The monoisotopic (exact) mass is 499 g/mol. The maximum absolute atomic E-state index is 12.3. The Hall–Kier alpha value is -3.80. The lowest BCUT2D eigenvalue weighted by molar-refractivity contribution is -0.123. The van der Waals surface area contributed by atoms with Crippen molar-refractivity contribution in [3.8, 4) is 11.5 Å². The molecule has 4 aromatic rings. The minimum Gasteiger partial charge on any atom is -0.493 e. The number of aromatic nitrogens is 2. The van der Waals surface area contributed by atoms with E-state index in [-0.39, 0.29) is 12.5 Å². The molecule has 0 radical (unpaired) electrons. The molecule has 6 nitrogen and oxygen atoms in total. The quantitative estimate of drug-likeness (QED) is 0.248. The van der Waals surface area contributed by atoms with Gasteiger partial charge in [0, 0.05) is 19.5 Å². The second kappa shape index (κ2) is 12.4. The number of nitrogens with one attached hydrogen (secondary N) is 1. The van der Waals surface area contributed by atoms with E-state index in [1.54, 1.807) is 0 Å². The van der Waals surface area contributed by atoms with Gasteiger partial charge in [0.05, 0.1) is 17.6 Å². The molecule has 0 saturated heterocycles. The van der Waals surface area contributed by atoms with Crippen molar-refractivity contribution >= 4 is 16.9 Å². The van der Waals surface area contributed by atoms with Crippen LogP contribution in [0.4, 0.5) is 0 Å². The normalized spacial score (nSPS) is 11.0. The SMILES string of the molecule is Cc1ccc(OCCCn2c(CCCNC(=O)COc3cc(C)ccc3C)nc3ccccc32)c(C)c1. The van der Waals surface area contributed by atoms with E-state index in [2.05, 4.69) is 41.9 Å². The molecule has 0 aliphatic heterocycles. The number of rotatable bonds is 12. The average molecular weight is 500 g/mol. The molecule has 1 amide bonds. The van der Waals surface area contributed by atoms with Gasteiger partial charge in [-0.1, -0.05) is 42.0 Å². The number of nitrogens with zero attached hydrogens (tertiary/aromatic N) is 2. The number of carbonyl (C=O) groups is 1. The summed E-state index contributed by atoms with van der Waals surface area (Å²) in [7, 11) is 0. The van der Waals surface area contributed by atoms with Gasteiger partial charge < -0.3 is 19.4 Å². The van der Waals surface area contributed by atoms with Crippen LogP contribution in [0.15, 0.2) is 60.7 Å². The van der Waals surface area contributed by atoms with Crippen LogP contribution in [0.5, 0.6) is 11.5 Å². The standard InChI is InChI=1S/C31H37N3O3/c1-22-13-15-28(25(4)19-22)36-18-8-17-34-27-10-6-5-9-26(27)33-30(34)11-7-16-32-31(35)21-37-29-20-23(2)12-14-24(29)3/h5-6,9-10,12-15,19-20H,7-8,11,16-18,21H2,1-4H3,(H,32,35). The Balaban J connectivity index is 1.27. The van der Waals surface area contributed by atoms with Crippen LogP contribution < -0.4 is 14.8 Å². The number of hydrogen-bond acceptors (Lipinski definition) is 4. The van der Waals surface area contributed by atoms with E-state index < -0.39 is 0 Å². The summed E-state index contributed by atoms with van der Waals surface area (Å²) in [6, 6.07) is 20.5. The van der Waals surface area contributed by atoms with Crippen molar-refractivity contribution in [1.29, 1.82) is 0 Å². The van der Waals surface area contributed by atoms with Crippen LogP contribution in [0.25, 0.3) is 11.0 Å². The van der Waals surface area contributed by atoms with Crippen molar-refractivity contribution in [2.24, 2.45) is 0 Å². The first-order valence-corrected chi connectivity index (χ1v) is 13.0. The van der Waals surface area contributed by atoms with Crippen LogP contribution in [-0.2, 0) is 17.8 Å². The Kier molecular flexibility index (Phi) is 8.83. The molecule has 1 aromatic heterocycles. The molecule has 0 unspecified atom stereocenters. The van der Waals surface area contributed by atoms with Crippen molar-refractivity contribution in [2.75, 3.05) is 19.8 Å². The van der Waals surface area contributed by atoms with Gasteiger partial charge in [0.2, 0.25) is 0 Å². The zero-order chi connectivity index (χ0) is 26.2. The highest BCUT2D eigenvalue weighted by Gasteiger charge is 2.11. The Morgan fingerprint density at radius 1 is 0.865 bits per heavy atom.